The molecule has 1 aromatic rings. The molecule has 2 aliphatic carbocycles. The summed E-state index contributed by atoms with van der Waals surface area (Å²) < 4.78 is 5.62. The van der Waals surface area contributed by atoms with Gasteiger partial charge in [0.15, 0.2) is 21.2 Å². The number of aromatic hydroxyl groups is 1. The molecule has 8 nitrogen and oxygen atoms in total. The van der Waals surface area contributed by atoms with Gasteiger partial charge in [-0.25, -0.2) is 0 Å². The van der Waals surface area contributed by atoms with E-state index in [0.29, 0.717) is 22.0 Å². The quantitative estimate of drug-likeness (QED) is 0.332. The third-order valence-corrected chi connectivity index (χ3v) is 10.0. The van der Waals surface area contributed by atoms with Crippen molar-refractivity contribution in [3.63, 3.8) is 0 Å². The van der Waals surface area contributed by atoms with Crippen LogP contribution in [0.1, 0.15) is 31.2 Å². The Bertz CT molecular complexity index is 1240. The van der Waals surface area contributed by atoms with Crippen molar-refractivity contribution in [3.8, 4) is 11.5 Å². The van der Waals surface area contributed by atoms with Crippen molar-refractivity contribution in [2.24, 2.45) is 17.8 Å². The van der Waals surface area contributed by atoms with Crippen molar-refractivity contribution in [1.29, 1.82) is 0 Å². The van der Waals surface area contributed by atoms with Gasteiger partial charge in [-0.2, -0.15) is 0 Å². The molecule has 0 bridgehead atoms. The third-order valence-electron chi connectivity index (χ3n) is 8.03. The second kappa shape index (κ2) is 7.95. The lowest BCUT2D eigenvalue weighted by molar-refractivity contribution is -0.141. The first kappa shape index (κ1) is 24.6. The Morgan fingerprint density at radius 2 is 1.83 bits per heavy atom. The molecule has 0 spiro atoms. The first-order valence-electron chi connectivity index (χ1n) is 11.3. The normalized spacial score (nSPS) is 36.2. The lowest BCUT2D eigenvalue weighted by Crippen LogP contribution is -2.60. The van der Waals surface area contributed by atoms with E-state index in [-0.39, 0.29) is 36.3 Å². The van der Waals surface area contributed by atoms with Crippen LogP contribution in [0.3, 0.4) is 0 Å². The number of hydrogen-bond donors (Lipinski definition) is 1. The molecule has 6 atom stereocenters. The number of nitrogens with zero attached hydrogens (tertiary/aromatic N) is 2. The first-order valence-corrected chi connectivity index (χ1v) is 12.8. The van der Waals surface area contributed by atoms with Gasteiger partial charge in [0, 0.05) is 19.5 Å². The molecule has 2 saturated heterocycles. The predicted molar refractivity (Wildman–Crippen MR) is 130 cm³/mol. The number of allylic oxidation sites excluding steroid dienone is 2. The maximum absolute atomic E-state index is 13.5. The molecule has 0 unspecified atom stereocenters. The summed E-state index contributed by atoms with van der Waals surface area (Å²) >= 11 is 17.5. The van der Waals surface area contributed by atoms with E-state index in [1.807, 2.05) is 6.08 Å². The molecule has 1 saturated carbocycles. The molecule has 3 fully saturated rings. The minimum Gasteiger partial charge on any atom is -0.503 e. The Morgan fingerprint density at radius 3 is 2.46 bits per heavy atom. The van der Waals surface area contributed by atoms with E-state index in [2.05, 4.69) is 15.9 Å². The van der Waals surface area contributed by atoms with Crippen LogP contribution in [-0.4, -0.2) is 69.0 Å². The van der Waals surface area contributed by atoms with Gasteiger partial charge in [0.2, 0.25) is 11.8 Å². The smallest absolute Gasteiger partial charge is 0.253 e. The van der Waals surface area contributed by atoms with Crippen LogP contribution in [0, 0.1) is 17.8 Å². The molecule has 0 aromatic heterocycles. The second-order valence-electron chi connectivity index (χ2n) is 9.47. The van der Waals surface area contributed by atoms with Gasteiger partial charge in [-0.1, -0.05) is 11.6 Å². The van der Waals surface area contributed by atoms with Gasteiger partial charge in [-0.15, -0.1) is 23.2 Å². The minimum atomic E-state index is -1.88. The number of halogens is 3. The number of hydrogen-bond acceptors (Lipinski definition) is 6. The van der Waals surface area contributed by atoms with E-state index in [1.54, 1.807) is 19.1 Å². The lowest BCUT2D eigenvalue weighted by Gasteiger charge is -2.50. The zero-order chi connectivity index (χ0) is 25.6. The van der Waals surface area contributed by atoms with Crippen molar-refractivity contribution in [1.82, 2.24) is 9.80 Å². The maximum Gasteiger partial charge on any atom is 0.253 e. The molecular formula is C24H23BrCl2N2O6. The van der Waals surface area contributed by atoms with Crippen LogP contribution in [0.25, 0.3) is 0 Å². The average molecular weight is 586 g/mol. The number of amides is 4. The number of phenols is 1. The summed E-state index contributed by atoms with van der Waals surface area (Å²) in [5.41, 5.74) is 1.18. The van der Waals surface area contributed by atoms with Crippen LogP contribution >= 0.6 is 39.1 Å². The predicted octanol–water partition coefficient (Wildman–Crippen LogP) is 3.17. The van der Waals surface area contributed by atoms with Gasteiger partial charge in [-0.05, 0) is 59.3 Å². The van der Waals surface area contributed by atoms with Crippen molar-refractivity contribution < 1.29 is 29.0 Å². The zero-order valence-corrected chi connectivity index (χ0v) is 22.3. The highest BCUT2D eigenvalue weighted by Gasteiger charge is 2.75. The Balaban J connectivity index is 1.76. The number of phenolic OH excluding ortho intramolecular Hbond substituents is 1. The van der Waals surface area contributed by atoms with Gasteiger partial charge < -0.3 is 9.84 Å². The molecule has 11 heteroatoms. The molecular weight excluding hydrogens is 563 g/mol. The summed E-state index contributed by atoms with van der Waals surface area (Å²) in [5, 5.41) is 10.4. The minimum absolute atomic E-state index is 0.0522. The molecule has 2 aliphatic heterocycles. The summed E-state index contributed by atoms with van der Waals surface area (Å²) in [6.45, 7) is 2.00. The summed E-state index contributed by atoms with van der Waals surface area (Å²) in [4.78, 5) is 51.6. The van der Waals surface area contributed by atoms with Gasteiger partial charge in [0.05, 0.1) is 23.4 Å². The molecule has 2 heterocycles. The molecule has 4 aliphatic rings. The van der Waals surface area contributed by atoms with Gasteiger partial charge in [-0.3, -0.25) is 29.0 Å². The number of fused-ring (bicyclic) bond motifs is 4. The van der Waals surface area contributed by atoms with E-state index in [0.717, 1.165) is 4.90 Å². The second-order valence-corrected chi connectivity index (χ2v) is 11.6. The fourth-order valence-corrected chi connectivity index (χ4v) is 7.89. The Hall–Kier alpha value is -2.10. The van der Waals surface area contributed by atoms with E-state index < -0.39 is 45.2 Å². The highest BCUT2D eigenvalue weighted by molar-refractivity contribution is 9.10. The summed E-state index contributed by atoms with van der Waals surface area (Å²) in [6.07, 6.45) is 2.12. The Kier molecular flexibility index (Phi) is 5.58. The number of benzene rings is 1. The van der Waals surface area contributed by atoms with Crippen LogP contribution in [0.15, 0.2) is 28.3 Å². The van der Waals surface area contributed by atoms with Crippen LogP contribution in [0.2, 0.25) is 0 Å². The van der Waals surface area contributed by atoms with E-state index in [4.69, 9.17) is 27.9 Å². The molecule has 0 radical (unpaired) electrons. The third kappa shape index (κ3) is 2.92. The van der Waals surface area contributed by atoms with Crippen LogP contribution < -0.4 is 4.74 Å². The molecule has 5 rings (SSSR count). The molecule has 1 aromatic carbocycles. The van der Waals surface area contributed by atoms with Crippen LogP contribution in [-0.2, 0) is 19.2 Å². The number of ether oxygens (including phenoxy) is 1. The fourth-order valence-electron chi connectivity index (χ4n) is 6.41. The largest absolute Gasteiger partial charge is 0.503 e. The van der Waals surface area contributed by atoms with Crippen LogP contribution in [0.4, 0.5) is 0 Å². The summed E-state index contributed by atoms with van der Waals surface area (Å²) in [6, 6.07) is 3.16. The number of likely N-dealkylation sites (tertiary alicyclic amines) is 2. The SMILES string of the molecule is CCN1C(=O)[C@H]2[C@H](CC=C3[C@H]2C[C@@]2(Cl)C(=O)N(C)C(=O)[C@@]2(Cl)[C@H]3c2cc(Br)c(O)c(OC)c2)C1=O. The van der Waals surface area contributed by atoms with E-state index in [9.17, 15) is 24.3 Å². The summed E-state index contributed by atoms with van der Waals surface area (Å²) in [7, 11) is 2.73. The highest BCUT2D eigenvalue weighted by Crippen LogP contribution is 2.65. The molecule has 35 heavy (non-hydrogen) atoms. The van der Waals surface area contributed by atoms with Gasteiger partial charge in [0.25, 0.3) is 11.8 Å². The summed E-state index contributed by atoms with van der Waals surface area (Å²) in [5.74, 6) is -4.54. The Labute approximate surface area is 220 Å². The number of rotatable bonds is 3. The maximum atomic E-state index is 13.5. The number of alkyl halides is 2. The highest BCUT2D eigenvalue weighted by atomic mass is 79.9. The number of imide groups is 2. The molecule has 1 N–H and O–H groups in total. The van der Waals surface area contributed by atoms with Crippen molar-refractivity contribution in [2.45, 2.75) is 35.4 Å². The molecule has 4 amide bonds. The molecule has 186 valence electrons. The van der Waals surface area contributed by atoms with Crippen LogP contribution in [0.5, 0.6) is 11.5 Å². The standard InChI is InChI=1S/C24H23BrCl2N2O6/c1-4-29-19(31)12-6-5-11-13(16(12)20(29)32)9-23(26)21(33)28(2)22(34)24(23,27)17(11)10-7-14(25)18(30)15(8-10)35-3/h5,7-8,12-13,16-17,30H,4,6,9H2,1-3H3/t12-,13+,16-,17-,23+,24-/m0/s1. The van der Waals surface area contributed by atoms with E-state index in [1.165, 1.54) is 19.1 Å². The number of carbonyl (C=O) groups excluding carboxylic acids is 4. The topological polar surface area (TPSA) is 104 Å². The van der Waals surface area contributed by atoms with Gasteiger partial charge in [0.1, 0.15) is 0 Å². The number of carbonyl (C=O) groups is 4. The van der Waals surface area contributed by atoms with Crippen molar-refractivity contribution >= 4 is 62.8 Å². The van der Waals surface area contributed by atoms with Gasteiger partial charge >= 0.3 is 0 Å². The van der Waals surface area contributed by atoms with Crippen molar-refractivity contribution in [3.05, 3.63) is 33.8 Å². The average Bonchev–Trinajstić information content (AvgIpc) is 3.15. The number of methoxy groups -OCH3 is 1. The fraction of sp³-hybridized carbons (Fsp3) is 0.500. The zero-order valence-electron chi connectivity index (χ0n) is 19.2. The monoisotopic (exact) mass is 584 g/mol. The first-order chi connectivity index (χ1) is 16.4. The Morgan fingerprint density at radius 1 is 1.14 bits per heavy atom. The van der Waals surface area contributed by atoms with E-state index >= 15 is 0 Å². The van der Waals surface area contributed by atoms with Crippen molar-refractivity contribution in [2.75, 3.05) is 20.7 Å². The lowest BCUT2D eigenvalue weighted by atomic mass is 9.56.